The van der Waals surface area contributed by atoms with Gasteiger partial charge in [0, 0.05) is 11.8 Å². The SMILES string of the molecule is COc1cc2ccc3cc(-c4c5ccccc5c(-c5ccc(C(F)(F)F)nc5)c5ccccc45)cc4ccc(c1)c2c34. The van der Waals surface area contributed by atoms with Crippen molar-refractivity contribution in [2.75, 3.05) is 7.11 Å². The first-order valence-corrected chi connectivity index (χ1v) is 13.6. The largest absolute Gasteiger partial charge is 0.497 e. The highest BCUT2D eigenvalue weighted by Crippen LogP contribution is 2.46. The average Bonchev–Trinajstić information content (AvgIpc) is 3.01. The molecule has 5 heteroatoms. The number of methoxy groups -OCH3 is 1. The highest BCUT2D eigenvalue weighted by atomic mass is 19.4. The molecular weight excluding hydrogens is 531 g/mol. The van der Waals surface area contributed by atoms with Crippen LogP contribution in [0, 0.1) is 0 Å². The molecule has 0 aliphatic carbocycles. The summed E-state index contributed by atoms with van der Waals surface area (Å²) in [6, 6.07) is 36.1. The van der Waals surface area contributed by atoms with Gasteiger partial charge in [0.1, 0.15) is 11.4 Å². The van der Waals surface area contributed by atoms with E-state index in [2.05, 4.69) is 65.6 Å². The van der Waals surface area contributed by atoms with Crippen molar-refractivity contribution >= 4 is 53.9 Å². The summed E-state index contributed by atoms with van der Waals surface area (Å²) in [6.45, 7) is 0. The molecule has 1 heterocycles. The standard InChI is InChI=1S/C37H22F3NO/c1-42-27-18-23-12-10-21-16-26(17-22-11-13-24(19-27)34(23)33(21)22)36-30-8-4-2-6-28(30)35(29-7-3-5-9-31(29)36)25-14-15-32(41-20-25)37(38,39)40/h2-20H,1H3. The summed E-state index contributed by atoms with van der Waals surface area (Å²) >= 11 is 0. The quantitative estimate of drug-likeness (QED) is 0.160. The number of halogens is 3. The number of hydrogen-bond acceptors (Lipinski definition) is 2. The van der Waals surface area contributed by atoms with E-state index >= 15 is 0 Å². The van der Waals surface area contributed by atoms with Crippen LogP contribution >= 0.6 is 0 Å². The number of nitrogens with zero attached hydrogens (tertiary/aromatic N) is 1. The van der Waals surface area contributed by atoms with Gasteiger partial charge in [-0.25, -0.2) is 0 Å². The predicted octanol–water partition coefficient (Wildman–Crippen LogP) is 10.6. The van der Waals surface area contributed by atoms with Gasteiger partial charge in [-0.1, -0.05) is 78.9 Å². The normalized spacial score (nSPS) is 12.3. The Morgan fingerprint density at radius 3 is 1.40 bits per heavy atom. The molecule has 8 aromatic rings. The summed E-state index contributed by atoms with van der Waals surface area (Å²) in [7, 11) is 1.69. The molecular formula is C37H22F3NO. The maximum atomic E-state index is 13.3. The summed E-state index contributed by atoms with van der Waals surface area (Å²) in [4.78, 5) is 3.78. The molecule has 0 fully saturated rings. The molecule has 42 heavy (non-hydrogen) atoms. The minimum Gasteiger partial charge on any atom is -0.497 e. The van der Waals surface area contributed by atoms with Crippen LogP contribution in [0.15, 0.2) is 115 Å². The van der Waals surface area contributed by atoms with Gasteiger partial charge in [-0.15, -0.1) is 0 Å². The monoisotopic (exact) mass is 553 g/mol. The molecule has 0 radical (unpaired) electrons. The molecule has 0 unspecified atom stereocenters. The number of alkyl halides is 3. The third-order valence-corrected chi connectivity index (χ3v) is 8.31. The zero-order chi connectivity index (χ0) is 28.6. The van der Waals surface area contributed by atoms with E-state index in [0.717, 1.165) is 71.6 Å². The lowest BCUT2D eigenvalue weighted by Gasteiger charge is -2.19. The lowest BCUT2D eigenvalue weighted by atomic mass is 9.84. The van der Waals surface area contributed by atoms with Gasteiger partial charge in [-0.2, -0.15) is 13.2 Å². The molecule has 2 nitrogen and oxygen atoms in total. The first kappa shape index (κ1) is 24.6. The number of ether oxygens (including phenoxy) is 1. The Morgan fingerprint density at radius 1 is 0.548 bits per heavy atom. The number of fused-ring (bicyclic) bond motifs is 2. The lowest BCUT2D eigenvalue weighted by Crippen LogP contribution is -2.07. The molecule has 0 saturated heterocycles. The molecule has 0 aliphatic rings. The van der Waals surface area contributed by atoms with Crippen LogP contribution in [0.2, 0.25) is 0 Å². The maximum absolute atomic E-state index is 13.3. The highest BCUT2D eigenvalue weighted by molar-refractivity contribution is 6.26. The van der Waals surface area contributed by atoms with Crippen molar-refractivity contribution in [3.05, 3.63) is 121 Å². The van der Waals surface area contributed by atoms with Crippen molar-refractivity contribution < 1.29 is 17.9 Å². The number of benzene rings is 7. The molecule has 0 spiro atoms. The molecule has 0 aliphatic heterocycles. The van der Waals surface area contributed by atoms with Gasteiger partial charge >= 0.3 is 6.18 Å². The molecule has 7 aromatic carbocycles. The molecule has 0 atom stereocenters. The fourth-order valence-corrected chi connectivity index (χ4v) is 6.53. The van der Waals surface area contributed by atoms with Crippen LogP contribution in [0.5, 0.6) is 5.75 Å². The predicted molar refractivity (Wildman–Crippen MR) is 165 cm³/mol. The van der Waals surface area contributed by atoms with Crippen molar-refractivity contribution in [1.82, 2.24) is 4.98 Å². The Morgan fingerprint density at radius 2 is 1.00 bits per heavy atom. The number of pyridine rings is 1. The van der Waals surface area contributed by atoms with Gasteiger partial charge in [0.05, 0.1) is 7.11 Å². The fraction of sp³-hybridized carbons (Fsp3) is 0.0541. The second-order valence-electron chi connectivity index (χ2n) is 10.6. The van der Waals surface area contributed by atoms with Crippen LogP contribution in [0.4, 0.5) is 13.2 Å². The summed E-state index contributed by atoms with van der Waals surface area (Å²) < 4.78 is 45.4. The average molecular weight is 554 g/mol. The Bertz CT molecular complexity index is 2200. The second kappa shape index (κ2) is 8.92. The molecule has 202 valence electrons. The highest BCUT2D eigenvalue weighted by Gasteiger charge is 2.32. The van der Waals surface area contributed by atoms with Gasteiger partial charge in [-0.05, 0) is 101 Å². The minimum atomic E-state index is -4.49. The molecule has 1 aromatic heterocycles. The summed E-state index contributed by atoms with van der Waals surface area (Å²) in [5.74, 6) is 0.836. The second-order valence-corrected chi connectivity index (χ2v) is 10.6. The van der Waals surface area contributed by atoms with Gasteiger partial charge in [0.2, 0.25) is 0 Å². The van der Waals surface area contributed by atoms with E-state index in [4.69, 9.17) is 4.74 Å². The Hall–Kier alpha value is -5.16. The summed E-state index contributed by atoms with van der Waals surface area (Å²) in [6.07, 6.45) is -3.16. The van der Waals surface area contributed by atoms with Crippen LogP contribution in [0.25, 0.3) is 76.1 Å². The van der Waals surface area contributed by atoms with Gasteiger partial charge in [0.25, 0.3) is 0 Å². The Kier molecular flexibility index (Phi) is 5.23. The van der Waals surface area contributed by atoms with Crippen molar-refractivity contribution in [2.24, 2.45) is 0 Å². The van der Waals surface area contributed by atoms with E-state index < -0.39 is 11.9 Å². The number of rotatable bonds is 3. The van der Waals surface area contributed by atoms with Gasteiger partial charge < -0.3 is 4.74 Å². The zero-order valence-corrected chi connectivity index (χ0v) is 22.5. The number of hydrogen-bond donors (Lipinski definition) is 0. The van der Waals surface area contributed by atoms with E-state index in [9.17, 15) is 13.2 Å². The Labute approximate surface area is 238 Å². The van der Waals surface area contributed by atoms with Gasteiger partial charge in [0.15, 0.2) is 0 Å². The van der Waals surface area contributed by atoms with E-state index in [0.29, 0.717) is 5.56 Å². The van der Waals surface area contributed by atoms with Crippen molar-refractivity contribution in [1.29, 1.82) is 0 Å². The maximum Gasteiger partial charge on any atom is 0.433 e. The van der Waals surface area contributed by atoms with Gasteiger partial charge in [-0.3, -0.25) is 4.98 Å². The van der Waals surface area contributed by atoms with E-state index in [1.165, 1.54) is 23.0 Å². The number of aromatic nitrogens is 1. The molecule has 0 bridgehead atoms. The Balaban J connectivity index is 1.43. The molecule has 0 amide bonds. The topological polar surface area (TPSA) is 22.1 Å². The fourth-order valence-electron chi connectivity index (χ4n) is 6.53. The molecule has 8 rings (SSSR count). The van der Waals surface area contributed by atoms with E-state index in [-0.39, 0.29) is 0 Å². The first-order chi connectivity index (χ1) is 20.4. The van der Waals surface area contributed by atoms with Crippen molar-refractivity contribution in [2.45, 2.75) is 6.18 Å². The lowest BCUT2D eigenvalue weighted by molar-refractivity contribution is -0.141. The van der Waals surface area contributed by atoms with Crippen LogP contribution in [-0.2, 0) is 6.18 Å². The third-order valence-electron chi connectivity index (χ3n) is 8.31. The van der Waals surface area contributed by atoms with E-state index in [1.54, 1.807) is 7.11 Å². The van der Waals surface area contributed by atoms with Crippen molar-refractivity contribution in [3.63, 3.8) is 0 Å². The van der Waals surface area contributed by atoms with E-state index in [1.807, 2.05) is 36.4 Å². The molecule has 0 N–H and O–H groups in total. The smallest absolute Gasteiger partial charge is 0.433 e. The summed E-state index contributed by atoms with van der Waals surface area (Å²) in [5.41, 5.74) is 2.80. The third kappa shape index (κ3) is 3.63. The minimum absolute atomic E-state index is 0.646. The van der Waals surface area contributed by atoms with Crippen molar-refractivity contribution in [3.8, 4) is 28.0 Å². The first-order valence-electron chi connectivity index (χ1n) is 13.6. The van der Waals surface area contributed by atoms with Crippen LogP contribution < -0.4 is 4.74 Å². The van der Waals surface area contributed by atoms with Crippen LogP contribution in [0.1, 0.15) is 5.69 Å². The zero-order valence-electron chi connectivity index (χ0n) is 22.5. The molecule has 0 saturated carbocycles. The van der Waals surface area contributed by atoms with Crippen LogP contribution in [-0.4, -0.2) is 12.1 Å². The summed E-state index contributed by atoms with van der Waals surface area (Å²) in [5, 5.41) is 11.0. The van der Waals surface area contributed by atoms with Crippen LogP contribution in [0.3, 0.4) is 0 Å².